The van der Waals surface area contributed by atoms with Crippen molar-refractivity contribution in [3.05, 3.63) is 0 Å². The summed E-state index contributed by atoms with van der Waals surface area (Å²) in [6.07, 6.45) is -2.98. The van der Waals surface area contributed by atoms with Gasteiger partial charge in [0.1, 0.15) is 0 Å². The maximum Gasteiger partial charge on any atom is 0.471 e. The largest absolute Gasteiger partial charge is 0.471 e. The van der Waals surface area contributed by atoms with Gasteiger partial charge in [0.2, 0.25) is 0 Å². The number of rotatable bonds is 2. The minimum Gasteiger partial charge on any atom is -0.343 e. The molecule has 0 spiro atoms. The van der Waals surface area contributed by atoms with Crippen LogP contribution in [0, 0.1) is 5.92 Å². The van der Waals surface area contributed by atoms with Crippen LogP contribution in [0.25, 0.3) is 0 Å². The van der Waals surface area contributed by atoms with Crippen molar-refractivity contribution in [2.75, 3.05) is 0 Å². The summed E-state index contributed by atoms with van der Waals surface area (Å²) < 4.78 is 35.6. The van der Waals surface area contributed by atoms with E-state index in [9.17, 15) is 18.0 Å². The number of carbonyl (C=O) groups excluding carboxylic acids is 1. The van der Waals surface area contributed by atoms with Gasteiger partial charge in [-0.3, -0.25) is 4.79 Å². The summed E-state index contributed by atoms with van der Waals surface area (Å²) in [5, 5.41) is 1.99. The summed E-state index contributed by atoms with van der Waals surface area (Å²) in [4.78, 5) is 10.6. The average molecular weight is 195 g/mol. The van der Waals surface area contributed by atoms with E-state index in [0.29, 0.717) is 0 Å². The number of hydrogen-bond acceptors (Lipinski definition) is 1. The van der Waals surface area contributed by atoms with Gasteiger partial charge in [0, 0.05) is 5.54 Å². The van der Waals surface area contributed by atoms with Crippen LogP contribution in [0.5, 0.6) is 0 Å². The SMILES string of the molecule is CC(C)(NC(=O)C(F)(F)F)C1CC1. The van der Waals surface area contributed by atoms with Crippen molar-refractivity contribution < 1.29 is 18.0 Å². The fourth-order valence-corrected chi connectivity index (χ4v) is 1.27. The third kappa shape index (κ3) is 2.60. The first-order valence-corrected chi connectivity index (χ1v) is 4.13. The molecule has 0 radical (unpaired) electrons. The van der Waals surface area contributed by atoms with Crippen molar-refractivity contribution in [3.63, 3.8) is 0 Å². The normalized spacial score (nSPS) is 18.5. The number of amides is 1. The Kier molecular flexibility index (Phi) is 2.30. The predicted octanol–water partition coefficient (Wildman–Crippen LogP) is 1.85. The van der Waals surface area contributed by atoms with Crippen LogP contribution >= 0.6 is 0 Å². The summed E-state index contributed by atoms with van der Waals surface area (Å²) in [5.41, 5.74) is -0.730. The van der Waals surface area contributed by atoms with E-state index in [1.54, 1.807) is 13.8 Å². The topological polar surface area (TPSA) is 29.1 Å². The molecule has 1 amide bonds. The summed E-state index contributed by atoms with van der Waals surface area (Å²) in [6, 6.07) is 0. The average Bonchev–Trinajstić information content (AvgIpc) is 2.62. The molecular weight excluding hydrogens is 183 g/mol. The van der Waals surface area contributed by atoms with Crippen LogP contribution in [0.1, 0.15) is 26.7 Å². The van der Waals surface area contributed by atoms with E-state index in [0.717, 1.165) is 12.8 Å². The third-order valence-corrected chi connectivity index (χ3v) is 2.29. The first-order chi connectivity index (χ1) is 5.73. The van der Waals surface area contributed by atoms with Crippen LogP contribution in [0.4, 0.5) is 13.2 Å². The Bertz CT molecular complexity index is 218. The molecule has 76 valence electrons. The lowest BCUT2D eigenvalue weighted by molar-refractivity contribution is -0.175. The second-order valence-electron chi connectivity index (χ2n) is 3.95. The van der Waals surface area contributed by atoms with E-state index in [-0.39, 0.29) is 5.92 Å². The van der Waals surface area contributed by atoms with Crippen molar-refractivity contribution in [3.8, 4) is 0 Å². The highest BCUT2D eigenvalue weighted by atomic mass is 19.4. The molecule has 0 aromatic rings. The monoisotopic (exact) mass is 195 g/mol. The van der Waals surface area contributed by atoms with Gasteiger partial charge in [0.05, 0.1) is 0 Å². The Morgan fingerprint density at radius 3 is 2.08 bits per heavy atom. The van der Waals surface area contributed by atoms with Crippen LogP contribution in [-0.2, 0) is 4.79 Å². The molecular formula is C8H12F3NO. The third-order valence-electron chi connectivity index (χ3n) is 2.29. The van der Waals surface area contributed by atoms with E-state index >= 15 is 0 Å². The van der Waals surface area contributed by atoms with E-state index < -0.39 is 17.6 Å². The minimum atomic E-state index is -4.77. The predicted molar refractivity (Wildman–Crippen MR) is 41.0 cm³/mol. The maximum atomic E-state index is 11.9. The summed E-state index contributed by atoms with van der Waals surface area (Å²) >= 11 is 0. The lowest BCUT2D eigenvalue weighted by Gasteiger charge is -2.26. The van der Waals surface area contributed by atoms with Gasteiger partial charge >= 0.3 is 12.1 Å². The molecule has 0 aromatic heterocycles. The van der Waals surface area contributed by atoms with Crippen LogP contribution in [0.2, 0.25) is 0 Å². The molecule has 2 nitrogen and oxygen atoms in total. The smallest absolute Gasteiger partial charge is 0.343 e. The van der Waals surface area contributed by atoms with Crippen molar-refractivity contribution in [1.29, 1.82) is 0 Å². The summed E-state index contributed by atoms with van der Waals surface area (Å²) in [5.74, 6) is -1.65. The maximum absolute atomic E-state index is 11.9. The molecule has 13 heavy (non-hydrogen) atoms. The Morgan fingerprint density at radius 1 is 1.31 bits per heavy atom. The molecule has 0 aromatic carbocycles. The van der Waals surface area contributed by atoms with Gasteiger partial charge in [0.15, 0.2) is 0 Å². The van der Waals surface area contributed by atoms with Gasteiger partial charge in [-0.15, -0.1) is 0 Å². The zero-order chi connectivity index (χ0) is 10.3. The van der Waals surface area contributed by atoms with Gasteiger partial charge in [-0.1, -0.05) is 0 Å². The highest BCUT2D eigenvalue weighted by Gasteiger charge is 2.45. The zero-order valence-electron chi connectivity index (χ0n) is 7.53. The van der Waals surface area contributed by atoms with E-state index in [1.165, 1.54) is 0 Å². The molecule has 1 N–H and O–H groups in total. The molecule has 0 bridgehead atoms. The minimum absolute atomic E-state index is 0.193. The quantitative estimate of drug-likeness (QED) is 0.715. The number of alkyl halides is 3. The van der Waals surface area contributed by atoms with Crippen molar-refractivity contribution in [2.45, 2.75) is 38.4 Å². The Morgan fingerprint density at radius 2 is 1.77 bits per heavy atom. The second kappa shape index (κ2) is 2.89. The number of hydrogen-bond donors (Lipinski definition) is 1. The molecule has 0 saturated heterocycles. The second-order valence-corrected chi connectivity index (χ2v) is 3.95. The van der Waals surface area contributed by atoms with Crippen molar-refractivity contribution >= 4 is 5.91 Å². The summed E-state index contributed by atoms with van der Waals surface area (Å²) in [6.45, 7) is 3.24. The highest BCUT2D eigenvalue weighted by molar-refractivity contribution is 5.82. The number of carbonyl (C=O) groups is 1. The molecule has 5 heteroatoms. The number of halogens is 3. The van der Waals surface area contributed by atoms with Crippen molar-refractivity contribution in [1.82, 2.24) is 5.32 Å². The zero-order valence-corrected chi connectivity index (χ0v) is 7.53. The van der Waals surface area contributed by atoms with Crippen LogP contribution < -0.4 is 5.32 Å². The lowest BCUT2D eigenvalue weighted by atomic mass is 9.99. The first-order valence-electron chi connectivity index (χ1n) is 4.13. The molecule has 1 fully saturated rings. The highest BCUT2D eigenvalue weighted by Crippen LogP contribution is 2.39. The molecule has 1 saturated carbocycles. The van der Waals surface area contributed by atoms with E-state index in [2.05, 4.69) is 0 Å². The van der Waals surface area contributed by atoms with Gasteiger partial charge in [-0.05, 0) is 32.6 Å². The first kappa shape index (κ1) is 10.3. The van der Waals surface area contributed by atoms with Gasteiger partial charge in [-0.2, -0.15) is 13.2 Å². The van der Waals surface area contributed by atoms with Crippen LogP contribution in [0.15, 0.2) is 0 Å². The van der Waals surface area contributed by atoms with Crippen LogP contribution in [0.3, 0.4) is 0 Å². The molecule has 0 aliphatic heterocycles. The van der Waals surface area contributed by atoms with E-state index in [4.69, 9.17) is 0 Å². The number of nitrogens with one attached hydrogen (secondary N) is 1. The van der Waals surface area contributed by atoms with Gasteiger partial charge in [0.25, 0.3) is 0 Å². The fourth-order valence-electron chi connectivity index (χ4n) is 1.27. The molecule has 1 aliphatic carbocycles. The molecule has 1 rings (SSSR count). The lowest BCUT2D eigenvalue weighted by Crippen LogP contribution is -2.50. The van der Waals surface area contributed by atoms with Gasteiger partial charge in [-0.25, -0.2) is 0 Å². The van der Waals surface area contributed by atoms with E-state index in [1.807, 2.05) is 5.32 Å². The van der Waals surface area contributed by atoms with Gasteiger partial charge < -0.3 is 5.32 Å². The Balaban J connectivity index is 2.52. The molecule has 1 aliphatic rings. The summed E-state index contributed by atoms with van der Waals surface area (Å²) in [7, 11) is 0. The van der Waals surface area contributed by atoms with Crippen molar-refractivity contribution in [2.24, 2.45) is 5.92 Å². The van der Waals surface area contributed by atoms with Crippen LogP contribution in [-0.4, -0.2) is 17.6 Å². The standard InChI is InChI=1S/C8H12F3NO/c1-7(2,5-3-4-5)12-6(13)8(9,10)11/h5H,3-4H2,1-2H3,(H,12,13). The molecule has 0 atom stereocenters. The Labute approximate surface area is 74.5 Å². The molecule has 0 heterocycles. The Hall–Kier alpha value is -0.740. The molecule has 0 unspecified atom stereocenters. The fraction of sp³-hybridized carbons (Fsp3) is 0.875.